The zero-order chi connectivity index (χ0) is 15.5. The monoisotopic (exact) mass is 392 g/mol. The molecule has 4 saturated heterocycles. The van der Waals surface area contributed by atoms with Crippen molar-refractivity contribution in [2.24, 2.45) is 0 Å². The second kappa shape index (κ2) is 6.06. The highest BCUT2D eigenvalue weighted by Crippen LogP contribution is 2.47. The third-order valence-electron chi connectivity index (χ3n) is 7.27. The van der Waals surface area contributed by atoms with Gasteiger partial charge < -0.3 is 17.0 Å². The van der Waals surface area contributed by atoms with E-state index in [1.54, 1.807) is 0 Å². The summed E-state index contributed by atoms with van der Waals surface area (Å²) in [7, 11) is 0. The lowest BCUT2D eigenvalue weighted by Gasteiger charge is -2.64. The van der Waals surface area contributed by atoms with Crippen molar-refractivity contribution in [3.05, 3.63) is 35.9 Å². The lowest BCUT2D eigenvalue weighted by Crippen LogP contribution is -3.00. The van der Waals surface area contributed by atoms with Gasteiger partial charge in [0.25, 0.3) is 0 Å². The minimum Gasteiger partial charge on any atom is -1.00 e. The van der Waals surface area contributed by atoms with Gasteiger partial charge in [-0.1, -0.05) is 30.3 Å². The van der Waals surface area contributed by atoms with Crippen LogP contribution in [0, 0.1) is 0 Å². The second-order valence-electron chi connectivity index (χ2n) is 8.12. The van der Waals surface area contributed by atoms with Crippen molar-refractivity contribution in [3.63, 3.8) is 0 Å². The molecular weight excluding hydrogens is 364 g/mol. The van der Waals surface area contributed by atoms with Crippen molar-refractivity contribution in [2.75, 3.05) is 52.4 Å². The van der Waals surface area contributed by atoms with E-state index in [2.05, 4.69) is 52.0 Å². The zero-order valence-corrected chi connectivity index (χ0v) is 16.3. The van der Waals surface area contributed by atoms with Crippen LogP contribution in [0.5, 0.6) is 0 Å². The second-order valence-corrected chi connectivity index (χ2v) is 8.12. The smallest absolute Gasteiger partial charge is 0.182 e. The first-order chi connectivity index (χ1) is 11.2. The molecule has 4 aliphatic heterocycles. The van der Waals surface area contributed by atoms with E-state index in [0.29, 0.717) is 6.17 Å². The van der Waals surface area contributed by atoms with Gasteiger partial charge in [0, 0.05) is 45.2 Å². The van der Waals surface area contributed by atoms with Crippen molar-refractivity contribution < 1.29 is 21.5 Å². The van der Waals surface area contributed by atoms with Crippen LogP contribution >= 0.6 is 0 Å². The minimum atomic E-state index is 0. The van der Waals surface area contributed by atoms with Gasteiger partial charge >= 0.3 is 0 Å². The molecule has 4 fully saturated rings. The van der Waals surface area contributed by atoms with Gasteiger partial charge in [0.1, 0.15) is 12.7 Å². The predicted octanol–water partition coefficient (Wildman–Crippen LogP) is -1.60. The fraction of sp³-hybridized carbons (Fsp3) is 0.684. The van der Waals surface area contributed by atoms with Crippen molar-refractivity contribution in [1.29, 1.82) is 0 Å². The highest BCUT2D eigenvalue weighted by atomic mass is 79.9. The summed E-state index contributed by atoms with van der Waals surface area (Å²) in [5.41, 5.74) is 1.78. The molecule has 0 saturated carbocycles. The fourth-order valence-corrected chi connectivity index (χ4v) is 6.08. The Bertz CT molecular complexity index is 590. The Labute approximate surface area is 156 Å². The summed E-state index contributed by atoms with van der Waals surface area (Å²) in [6, 6.07) is 11.2. The van der Waals surface area contributed by atoms with Crippen LogP contribution in [0.15, 0.2) is 30.3 Å². The normalized spacial score (nSPS) is 39.3. The Balaban J connectivity index is 0.00000146. The molecule has 3 atom stereocenters. The zero-order valence-electron chi connectivity index (χ0n) is 14.7. The number of halogens is 1. The van der Waals surface area contributed by atoms with Crippen molar-refractivity contribution >= 4 is 0 Å². The van der Waals surface area contributed by atoms with Gasteiger partial charge in [0.05, 0.1) is 19.6 Å². The first-order valence-electron chi connectivity index (χ1n) is 9.36. The van der Waals surface area contributed by atoms with E-state index in [1.807, 2.05) is 0 Å². The Morgan fingerprint density at radius 3 is 2.46 bits per heavy atom. The first-order valence-corrected chi connectivity index (χ1v) is 9.36. The lowest BCUT2D eigenvalue weighted by molar-refractivity contribution is -0.991. The van der Waals surface area contributed by atoms with E-state index in [1.165, 1.54) is 75.4 Å². The molecule has 0 aliphatic carbocycles. The standard InChI is InChI=1S/C19H29N4.BrH/c1-19-18-20-8-5-9-21(18)12-14-23(19,15-13-22(19)11-10-20)16-17-6-3-2-4-7-17;/h2-4,6-7,18H,5,8-16H2,1H3;1H/q+1;/p-1/t18-,19+,23-;/m0./s1. The first kappa shape index (κ1) is 17.0. The third-order valence-corrected chi connectivity index (χ3v) is 7.27. The number of nitrogens with zero attached hydrogens (tertiary/aromatic N) is 4. The molecule has 132 valence electrons. The molecule has 4 aliphatic rings. The molecule has 0 unspecified atom stereocenters. The summed E-state index contributed by atoms with van der Waals surface area (Å²) in [6.45, 7) is 14.1. The van der Waals surface area contributed by atoms with Crippen LogP contribution in [0.1, 0.15) is 18.9 Å². The molecule has 0 aromatic heterocycles. The summed E-state index contributed by atoms with van der Waals surface area (Å²) in [4.78, 5) is 8.42. The van der Waals surface area contributed by atoms with Crippen LogP contribution in [-0.2, 0) is 6.54 Å². The highest BCUT2D eigenvalue weighted by Gasteiger charge is 2.67. The molecule has 24 heavy (non-hydrogen) atoms. The van der Waals surface area contributed by atoms with Gasteiger partial charge in [-0.05, 0) is 6.42 Å². The molecule has 4 nitrogen and oxygen atoms in total. The highest BCUT2D eigenvalue weighted by molar-refractivity contribution is 5.14. The fourth-order valence-electron chi connectivity index (χ4n) is 6.08. The molecule has 4 heterocycles. The molecule has 5 rings (SSSR count). The SMILES string of the molecule is C[C@]12[C@H]3N4CCCN3CC[N@@+]1(Cc1ccccc1)CCN2CC4.[Br-]. The van der Waals surface area contributed by atoms with Crippen LogP contribution in [0.3, 0.4) is 0 Å². The summed E-state index contributed by atoms with van der Waals surface area (Å²) in [5.74, 6) is 0. The number of hydrogen-bond donors (Lipinski definition) is 0. The van der Waals surface area contributed by atoms with Crippen LogP contribution < -0.4 is 17.0 Å². The molecular formula is C19H29BrN4. The van der Waals surface area contributed by atoms with Gasteiger partial charge in [-0.2, -0.15) is 0 Å². The van der Waals surface area contributed by atoms with Crippen LogP contribution in [-0.4, -0.2) is 83.4 Å². The summed E-state index contributed by atoms with van der Waals surface area (Å²) in [6.07, 6.45) is 1.98. The Kier molecular flexibility index (Phi) is 4.29. The molecule has 1 aromatic rings. The number of piperazine rings is 2. The molecule has 1 aromatic carbocycles. The molecule has 0 spiro atoms. The van der Waals surface area contributed by atoms with E-state index in [9.17, 15) is 0 Å². The van der Waals surface area contributed by atoms with Crippen LogP contribution in [0.25, 0.3) is 0 Å². The van der Waals surface area contributed by atoms with E-state index in [4.69, 9.17) is 0 Å². The van der Waals surface area contributed by atoms with Crippen LogP contribution in [0.4, 0.5) is 0 Å². The van der Waals surface area contributed by atoms with Crippen molar-refractivity contribution in [3.8, 4) is 0 Å². The predicted molar refractivity (Wildman–Crippen MR) is 91.7 cm³/mol. The minimum absolute atomic E-state index is 0. The van der Waals surface area contributed by atoms with Gasteiger partial charge in [0.15, 0.2) is 5.66 Å². The molecule has 5 heteroatoms. The van der Waals surface area contributed by atoms with E-state index < -0.39 is 0 Å². The molecule has 0 bridgehead atoms. The van der Waals surface area contributed by atoms with Gasteiger partial charge in [-0.3, -0.25) is 14.3 Å². The molecule has 0 radical (unpaired) electrons. The number of quaternary nitrogens is 1. The Morgan fingerprint density at radius 2 is 1.67 bits per heavy atom. The third kappa shape index (κ3) is 2.18. The summed E-state index contributed by atoms with van der Waals surface area (Å²) in [5, 5.41) is 0. The maximum Gasteiger partial charge on any atom is 0.182 e. The average Bonchev–Trinajstić information content (AvgIpc) is 2.88. The quantitative estimate of drug-likeness (QED) is 0.561. The molecule has 0 N–H and O–H groups in total. The number of rotatable bonds is 2. The number of benzene rings is 1. The largest absolute Gasteiger partial charge is 1.00 e. The molecule has 0 amide bonds. The summed E-state index contributed by atoms with van der Waals surface area (Å²) < 4.78 is 1.27. The van der Waals surface area contributed by atoms with Crippen LogP contribution in [0.2, 0.25) is 0 Å². The van der Waals surface area contributed by atoms with E-state index >= 15 is 0 Å². The summed E-state index contributed by atoms with van der Waals surface area (Å²) >= 11 is 0. The number of hydrogen-bond acceptors (Lipinski definition) is 3. The van der Waals surface area contributed by atoms with Crippen molar-refractivity contribution in [1.82, 2.24) is 14.7 Å². The average molecular weight is 393 g/mol. The van der Waals surface area contributed by atoms with Gasteiger partial charge in [0.2, 0.25) is 0 Å². The lowest BCUT2D eigenvalue weighted by atomic mass is 9.91. The maximum atomic E-state index is 2.83. The van der Waals surface area contributed by atoms with Gasteiger partial charge in [-0.25, -0.2) is 4.90 Å². The van der Waals surface area contributed by atoms with E-state index in [0.717, 1.165) is 0 Å². The van der Waals surface area contributed by atoms with E-state index in [-0.39, 0.29) is 22.6 Å². The van der Waals surface area contributed by atoms with Gasteiger partial charge in [-0.15, -0.1) is 0 Å². The topological polar surface area (TPSA) is 9.72 Å². The Morgan fingerprint density at radius 1 is 0.958 bits per heavy atom. The van der Waals surface area contributed by atoms with Crippen molar-refractivity contribution in [2.45, 2.75) is 31.7 Å². The Hall–Kier alpha value is -0.460. The maximum absolute atomic E-state index is 2.83.